The largest absolute Gasteiger partial charge is 0.416 e. The van der Waals surface area contributed by atoms with Crippen LogP contribution in [0.15, 0.2) is 52.8 Å². The van der Waals surface area contributed by atoms with E-state index in [1.807, 2.05) is 9.24 Å². The van der Waals surface area contributed by atoms with Gasteiger partial charge in [-0.3, -0.25) is 4.79 Å². The van der Waals surface area contributed by atoms with Crippen LogP contribution in [0.1, 0.15) is 40.7 Å². The zero-order chi connectivity index (χ0) is 23.9. The predicted molar refractivity (Wildman–Crippen MR) is 116 cm³/mol. The zero-order valence-corrected chi connectivity index (χ0v) is 18.7. The Hall–Kier alpha value is -3.00. The predicted octanol–water partition coefficient (Wildman–Crippen LogP) is 4.59. The summed E-state index contributed by atoms with van der Waals surface area (Å²) in [7, 11) is 4.68. The van der Waals surface area contributed by atoms with E-state index in [4.69, 9.17) is 9.68 Å². The Bertz CT molecular complexity index is 1020. The molecule has 0 saturated carbocycles. The molecule has 0 aliphatic rings. The van der Waals surface area contributed by atoms with Crippen LogP contribution in [0, 0.1) is 0 Å². The van der Waals surface area contributed by atoms with E-state index in [1.165, 1.54) is 39.3 Å². The fourth-order valence-corrected chi connectivity index (χ4v) is 3.15. The lowest BCUT2D eigenvalue weighted by Crippen LogP contribution is -2.29. The van der Waals surface area contributed by atoms with Crippen molar-refractivity contribution in [3.8, 4) is 0 Å². The summed E-state index contributed by atoms with van der Waals surface area (Å²) < 4.78 is 53.0. The van der Waals surface area contributed by atoms with Crippen molar-refractivity contribution in [2.75, 3.05) is 14.2 Å². The van der Waals surface area contributed by atoms with Crippen molar-refractivity contribution in [3.63, 3.8) is 0 Å². The number of alkyl halides is 4. The van der Waals surface area contributed by atoms with Gasteiger partial charge < -0.3 is 15.0 Å². The topological polar surface area (TPSA) is 72.3 Å². The van der Waals surface area contributed by atoms with E-state index < -0.39 is 23.6 Å². The third-order valence-corrected chi connectivity index (χ3v) is 4.77. The summed E-state index contributed by atoms with van der Waals surface area (Å²) >= 11 is 0. The molecular weight excluding hydrogens is 449 g/mol. The Kier molecular flexibility index (Phi) is 8.72. The van der Waals surface area contributed by atoms with Gasteiger partial charge in [0.15, 0.2) is 5.71 Å². The van der Waals surface area contributed by atoms with Gasteiger partial charge in [0.05, 0.1) is 11.3 Å². The molecule has 0 aromatic heterocycles. The quantitative estimate of drug-likeness (QED) is 0.265. The van der Waals surface area contributed by atoms with Gasteiger partial charge in [-0.2, -0.15) is 13.2 Å². The number of nitrogens with one attached hydrogen (secondary N) is 1. The highest BCUT2D eigenvalue weighted by Gasteiger charge is 2.30. The van der Waals surface area contributed by atoms with Gasteiger partial charge in [-0.1, -0.05) is 49.9 Å². The van der Waals surface area contributed by atoms with Crippen molar-refractivity contribution in [1.29, 1.82) is 0 Å². The van der Waals surface area contributed by atoms with E-state index in [9.17, 15) is 22.4 Å². The van der Waals surface area contributed by atoms with Gasteiger partial charge in [-0.15, -0.1) is 0 Å². The van der Waals surface area contributed by atoms with E-state index in [0.29, 0.717) is 0 Å². The van der Waals surface area contributed by atoms with Crippen LogP contribution in [0.4, 0.5) is 17.6 Å². The molecule has 0 aliphatic heterocycles. The Morgan fingerprint density at radius 2 is 1.88 bits per heavy atom. The molecule has 2 aromatic rings. The third kappa shape index (κ3) is 6.26. The molecule has 1 N–H and O–H groups in total. The van der Waals surface area contributed by atoms with Gasteiger partial charge in [0.25, 0.3) is 5.91 Å². The molecule has 0 heterocycles. The van der Waals surface area contributed by atoms with Crippen LogP contribution in [0.25, 0.3) is 0 Å². The maximum Gasteiger partial charge on any atom is 0.416 e. The minimum atomic E-state index is -4.49. The first kappa shape index (κ1) is 25.3. The highest BCUT2D eigenvalue weighted by atomic mass is 31.0. The number of carbonyl (C=O) groups excluding carboxylic acids is 1. The molecule has 11 heteroatoms. The summed E-state index contributed by atoms with van der Waals surface area (Å²) in [5.41, 5.74) is 0.263. The number of amides is 1. The normalized spacial score (nSPS) is 13.5. The standard InChI is InChI=1S/C21H22F4N3O3P/c1-12(13-6-4-7-14(10-13)21(23,24)25)27-31-11-17-15(8-5-9-16(17)19(22)32)18(28-30-3)20(29)26-2/h4-10,19H,11,32H2,1-3H3,(H,26,29)/b27-12+,28-18+. The van der Waals surface area contributed by atoms with Crippen LogP contribution in [-0.2, 0) is 27.3 Å². The number of hydrogen-bond donors (Lipinski definition) is 1. The molecule has 0 fully saturated rings. The summed E-state index contributed by atoms with van der Waals surface area (Å²) in [6.45, 7) is 1.22. The third-order valence-electron chi connectivity index (χ3n) is 4.41. The van der Waals surface area contributed by atoms with E-state index in [0.717, 1.165) is 12.1 Å². The van der Waals surface area contributed by atoms with Crippen LogP contribution < -0.4 is 5.32 Å². The molecule has 0 radical (unpaired) electrons. The minimum absolute atomic E-state index is 0.0975. The maximum absolute atomic E-state index is 14.2. The van der Waals surface area contributed by atoms with Gasteiger partial charge in [0, 0.05) is 18.2 Å². The number of halogens is 4. The molecule has 0 aliphatic carbocycles. The highest BCUT2D eigenvalue weighted by Crippen LogP contribution is 2.31. The first-order valence-corrected chi connectivity index (χ1v) is 9.96. The molecule has 0 spiro atoms. The Labute approximate surface area is 184 Å². The van der Waals surface area contributed by atoms with E-state index in [1.54, 1.807) is 12.1 Å². The summed E-state index contributed by atoms with van der Waals surface area (Å²) in [5, 5.41) is 10.0. The average molecular weight is 471 g/mol. The van der Waals surface area contributed by atoms with Crippen molar-refractivity contribution >= 4 is 26.6 Å². The van der Waals surface area contributed by atoms with Crippen LogP contribution in [-0.4, -0.2) is 31.5 Å². The van der Waals surface area contributed by atoms with E-state index in [-0.39, 0.29) is 40.3 Å². The lowest BCUT2D eigenvalue weighted by Gasteiger charge is -2.16. The average Bonchev–Trinajstić information content (AvgIpc) is 2.76. The number of nitrogens with zero attached hydrogens (tertiary/aromatic N) is 2. The number of likely N-dealkylation sites (N-methyl/N-ethyl adjacent to an activating group) is 1. The van der Waals surface area contributed by atoms with Crippen molar-refractivity contribution in [1.82, 2.24) is 5.32 Å². The Morgan fingerprint density at radius 3 is 2.47 bits per heavy atom. The summed E-state index contributed by atoms with van der Waals surface area (Å²) in [4.78, 5) is 22.3. The molecule has 2 aromatic carbocycles. The summed E-state index contributed by atoms with van der Waals surface area (Å²) in [6, 6.07) is 9.25. The number of carbonyl (C=O) groups is 1. The van der Waals surface area contributed by atoms with Crippen LogP contribution in [0.5, 0.6) is 0 Å². The monoisotopic (exact) mass is 471 g/mol. The number of oxime groups is 2. The van der Waals surface area contributed by atoms with Gasteiger partial charge in [-0.25, -0.2) is 4.39 Å². The molecule has 1 amide bonds. The maximum atomic E-state index is 14.2. The molecule has 2 rings (SSSR count). The first-order valence-electron chi connectivity index (χ1n) is 9.29. The molecule has 2 unspecified atom stereocenters. The van der Waals surface area contributed by atoms with E-state index in [2.05, 4.69) is 15.6 Å². The number of hydrogen-bond acceptors (Lipinski definition) is 5. The lowest BCUT2D eigenvalue weighted by atomic mass is 9.98. The second kappa shape index (κ2) is 11.0. The van der Waals surface area contributed by atoms with Crippen molar-refractivity contribution < 1.29 is 32.0 Å². The molecule has 2 atom stereocenters. The SMILES string of the molecule is CNC(=O)/C(=N/OC)c1cccc(C(F)P)c1CO/N=C(\C)c1cccc(C(F)(F)F)c1. The molecule has 0 saturated heterocycles. The van der Waals surface area contributed by atoms with Gasteiger partial charge in [-0.05, 0) is 30.2 Å². The molecular formula is C21H22F4N3O3P. The molecule has 6 nitrogen and oxygen atoms in total. The van der Waals surface area contributed by atoms with Gasteiger partial charge in [0.2, 0.25) is 0 Å². The van der Waals surface area contributed by atoms with Crippen molar-refractivity contribution in [3.05, 3.63) is 70.3 Å². The lowest BCUT2D eigenvalue weighted by molar-refractivity contribution is -0.137. The summed E-state index contributed by atoms with van der Waals surface area (Å²) in [5.74, 6) is -2.04. The highest BCUT2D eigenvalue weighted by molar-refractivity contribution is 7.16. The fraction of sp³-hybridized carbons (Fsp3) is 0.286. The van der Waals surface area contributed by atoms with E-state index >= 15 is 0 Å². The number of benzene rings is 2. The smallest absolute Gasteiger partial charge is 0.398 e. The van der Waals surface area contributed by atoms with Crippen molar-refractivity contribution in [2.45, 2.75) is 25.6 Å². The Balaban J connectivity index is 2.38. The Morgan fingerprint density at radius 1 is 1.19 bits per heavy atom. The van der Waals surface area contributed by atoms with Gasteiger partial charge in [0.1, 0.15) is 19.6 Å². The zero-order valence-electron chi connectivity index (χ0n) is 17.5. The summed E-state index contributed by atoms with van der Waals surface area (Å²) in [6.07, 6.45) is -4.49. The minimum Gasteiger partial charge on any atom is -0.398 e. The number of rotatable bonds is 8. The second-order valence-corrected chi connectivity index (χ2v) is 7.09. The first-order chi connectivity index (χ1) is 15.1. The molecule has 32 heavy (non-hydrogen) atoms. The van der Waals surface area contributed by atoms with Gasteiger partial charge >= 0.3 is 6.18 Å². The van der Waals surface area contributed by atoms with Crippen molar-refractivity contribution in [2.24, 2.45) is 10.3 Å². The van der Waals surface area contributed by atoms with Crippen LogP contribution >= 0.6 is 9.24 Å². The fourth-order valence-electron chi connectivity index (χ4n) is 2.84. The molecule has 172 valence electrons. The second-order valence-electron chi connectivity index (χ2n) is 6.51. The van der Waals surface area contributed by atoms with Crippen LogP contribution in [0.3, 0.4) is 0 Å². The van der Waals surface area contributed by atoms with Crippen LogP contribution in [0.2, 0.25) is 0 Å². The molecule has 0 bridgehead atoms.